The minimum absolute atomic E-state index is 0.962. The molecule has 1 radical (unpaired) electrons. The van der Waals surface area contributed by atoms with E-state index in [1.54, 1.807) is 0 Å². The van der Waals surface area contributed by atoms with Gasteiger partial charge >= 0.3 is 0 Å². The van der Waals surface area contributed by atoms with E-state index in [1.807, 2.05) is 0 Å². The molecule has 0 aromatic heterocycles. The van der Waals surface area contributed by atoms with Crippen molar-refractivity contribution in [1.82, 2.24) is 0 Å². The van der Waals surface area contributed by atoms with E-state index < -0.39 is 0 Å². The fourth-order valence-corrected chi connectivity index (χ4v) is 5.35. The monoisotopic (exact) mass is 437 g/mol. The first-order valence-corrected chi connectivity index (χ1v) is 15.4. The van der Waals surface area contributed by atoms with Gasteiger partial charge < -0.3 is 0 Å². The third-order valence-corrected chi connectivity index (χ3v) is 7.79. The molecule has 0 heterocycles. The van der Waals surface area contributed by atoms with Gasteiger partial charge in [0.1, 0.15) is 7.28 Å². The maximum atomic E-state index is 2.59. The second-order valence-electron chi connectivity index (χ2n) is 9.65. The zero-order valence-corrected chi connectivity index (χ0v) is 22.4. The van der Waals surface area contributed by atoms with Crippen molar-refractivity contribution in [2.75, 3.05) is 11.5 Å². The van der Waals surface area contributed by atoms with E-state index in [0.29, 0.717) is 0 Å². The van der Waals surface area contributed by atoms with Gasteiger partial charge in [-0.3, -0.25) is 0 Å². The number of hydrogen-bond acceptors (Lipinski definition) is 1. The molecule has 0 fully saturated rings. The van der Waals surface area contributed by atoms with Crippen LogP contribution in [0, 0.1) is 5.92 Å². The Kier molecular flexibility index (Phi) is 27.8. The quantitative estimate of drug-likeness (QED) is 0.0957. The minimum atomic E-state index is 0.962. The van der Waals surface area contributed by atoms with Crippen LogP contribution in [0.2, 0.25) is 12.6 Å². The topological polar surface area (TPSA) is 0 Å². The summed E-state index contributed by atoms with van der Waals surface area (Å²) in [5.74, 6) is 3.77. The molecule has 30 heavy (non-hydrogen) atoms. The third-order valence-electron chi connectivity index (χ3n) is 6.63. The van der Waals surface area contributed by atoms with Gasteiger partial charge in [0.2, 0.25) is 0 Å². The maximum Gasteiger partial charge on any atom is 0.109 e. The molecule has 0 aromatic rings. The Labute approximate surface area is 198 Å². The van der Waals surface area contributed by atoms with E-state index in [1.165, 1.54) is 153 Å². The lowest BCUT2D eigenvalue weighted by Crippen LogP contribution is -2.03. The standard InChI is InChI=1S/C28H58BS/c1-4-7-9-10-18-21-25-30-26-22-19-16-14-12-11-13-15-17-20-24-29-27-28(6-3)23-8-5-2/h28H,4-27H2,1-3H3. The number of rotatable bonds is 26. The fraction of sp³-hybridized carbons (Fsp3) is 1.00. The Balaban J connectivity index is 3.09. The number of unbranched alkanes of at least 4 members (excludes halogenated alkanes) is 15. The van der Waals surface area contributed by atoms with Crippen LogP contribution < -0.4 is 0 Å². The Morgan fingerprint density at radius 1 is 0.533 bits per heavy atom. The molecule has 2 heteroatoms. The van der Waals surface area contributed by atoms with Crippen LogP contribution >= 0.6 is 11.8 Å². The van der Waals surface area contributed by atoms with Crippen LogP contribution in [0.25, 0.3) is 0 Å². The molecule has 179 valence electrons. The lowest BCUT2D eigenvalue weighted by atomic mass is 9.64. The van der Waals surface area contributed by atoms with Crippen molar-refractivity contribution in [3.05, 3.63) is 0 Å². The van der Waals surface area contributed by atoms with Crippen molar-refractivity contribution < 1.29 is 0 Å². The van der Waals surface area contributed by atoms with E-state index in [-0.39, 0.29) is 0 Å². The molecule has 0 nitrogen and oxygen atoms in total. The lowest BCUT2D eigenvalue weighted by Gasteiger charge is -2.13. The summed E-state index contributed by atoms with van der Waals surface area (Å²) in [5, 5.41) is 0. The number of hydrogen-bond donors (Lipinski definition) is 0. The second-order valence-corrected chi connectivity index (χ2v) is 10.9. The van der Waals surface area contributed by atoms with Gasteiger partial charge in [0, 0.05) is 0 Å². The zero-order valence-electron chi connectivity index (χ0n) is 21.5. The lowest BCUT2D eigenvalue weighted by molar-refractivity contribution is 0.489. The first-order chi connectivity index (χ1) is 14.8. The van der Waals surface area contributed by atoms with E-state index in [9.17, 15) is 0 Å². The minimum Gasteiger partial charge on any atom is -0.162 e. The highest BCUT2D eigenvalue weighted by Crippen LogP contribution is 2.18. The average molecular weight is 438 g/mol. The van der Waals surface area contributed by atoms with Crippen LogP contribution in [0.5, 0.6) is 0 Å². The smallest absolute Gasteiger partial charge is 0.109 e. The Morgan fingerprint density at radius 3 is 1.50 bits per heavy atom. The molecule has 0 rings (SSSR count). The predicted molar refractivity (Wildman–Crippen MR) is 146 cm³/mol. The second kappa shape index (κ2) is 27.4. The van der Waals surface area contributed by atoms with Gasteiger partial charge in [0.05, 0.1) is 0 Å². The SMILES string of the molecule is CCCCCCCCSCCCCCCCCCCCC[B]CC(CC)CCCC. The molecule has 0 spiro atoms. The molecule has 0 saturated carbocycles. The van der Waals surface area contributed by atoms with Gasteiger partial charge in [0.25, 0.3) is 0 Å². The van der Waals surface area contributed by atoms with Crippen LogP contribution in [0.4, 0.5) is 0 Å². The van der Waals surface area contributed by atoms with Crippen molar-refractivity contribution >= 4 is 19.0 Å². The van der Waals surface area contributed by atoms with Gasteiger partial charge in [-0.1, -0.05) is 149 Å². The summed E-state index contributed by atoms with van der Waals surface area (Å²) in [6, 6.07) is 0. The fourth-order valence-electron chi connectivity index (χ4n) is 4.33. The van der Waals surface area contributed by atoms with E-state index in [2.05, 4.69) is 39.8 Å². The molecule has 0 aliphatic carbocycles. The molecular weight excluding hydrogens is 379 g/mol. The molecule has 0 amide bonds. The van der Waals surface area contributed by atoms with E-state index in [4.69, 9.17) is 0 Å². The third kappa shape index (κ3) is 24.7. The predicted octanol–water partition coefficient (Wildman–Crippen LogP) is 10.7. The molecule has 1 unspecified atom stereocenters. The van der Waals surface area contributed by atoms with Crippen molar-refractivity contribution in [1.29, 1.82) is 0 Å². The maximum absolute atomic E-state index is 2.59. The van der Waals surface area contributed by atoms with Crippen molar-refractivity contribution in [2.24, 2.45) is 5.92 Å². The molecule has 1 atom stereocenters. The zero-order chi connectivity index (χ0) is 22.0. The van der Waals surface area contributed by atoms with Crippen molar-refractivity contribution in [2.45, 2.75) is 162 Å². The molecule has 0 aromatic carbocycles. The summed E-state index contributed by atoms with van der Waals surface area (Å²) in [5.41, 5.74) is 0. The van der Waals surface area contributed by atoms with Crippen LogP contribution in [0.3, 0.4) is 0 Å². The molecule has 0 bridgehead atoms. The largest absolute Gasteiger partial charge is 0.162 e. The summed E-state index contributed by atoms with van der Waals surface area (Å²) in [6.45, 7) is 6.98. The summed E-state index contributed by atoms with van der Waals surface area (Å²) < 4.78 is 0. The van der Waals surface area contributed by atoms with Gasteiger partial charge in [-0.05, 0) is 30.3 Å². The Morgan fingerprint density at radius 2 is 1.00 bits per heavy atom. The van der Waals surface area contributed by atoms with Crippen LogP contribution in [0.1, 0.15) is 149 Å². The first-order valence-electron chi connectivity index (χ1n) is 14.2. The molecule has 0 aliphatic heterocycles. The average Bonchev–Trinajstić information content (AvgIpc) is 2.76. The summed E-state index contributed by atoms with van der Waals surface area (Å²) >= 11 is 2.20. The normalized spacial score (nSPS) is 12.4. The van der Waals surface area contributed by atoms with Crippen LogP contribution in [-0.4, -0.2) is 18.8 Å². The Hall–Kier alpha value is 0.415. The van der Waals surface area contributed by atoms with Gasteiger partial charge in [0.15, 0.2) is 0 Å². The Bertz CT molecular complexity index is 294. The highest BCUT2D eigenvalue weighted by atomic mass is 32.2. The van der Waals surface area contributed by atoms with Crippen LogP contribution in [0.15, 0.2) is 0 Å². The number of thioether (sulfide) groups is 1. The molecular formula is C28H58BS. The molecule has 0 aliphatic rings. The first kappa shape index (κ1) is 30.4. The van der Waals surface area contributed by atoms with Gasteiger partial charge in [-0.25, -0.2) is 0 Å². The van der Waals surface area contributed by atoms with Gasteiger partial charge in [-0.2, -0.15) is 11.8 Å². The van der Waals surface area contributed by atoms with Crippen molar-refractivity contribution in [3.63, 3.8) is 0 Å². The highest BCUT2D eigenvalue weighted by molar-refractivity contribution is 7.99. The summed E-state index contributed by atoms with van der Waals surface area (Å²) in [4.78, 5) is 0. The van der Waals surface area contributed by atoms with E-state index >= 15 is 0 Å². The van der Waals surface area contributed by atoms with Gasteiger partial charge in [-0.15, -0.1) is 0 Å². The summed E-state index contributed by atoms with van der Waals surface area (Å²) in [6.07, 6.45) is 31.6. The molecule has 0 N–H and O–H groups in total. The van der Waals surface area contributed by atoms with E-state index in [0.717, 1.165) is 5.92 Å². The summed E-state index contributed by atoms with van der Waals surface area (Å²) in [7, 11) is 2.59. The molecule has 0 saturated heterocycles. The highest BCUT2D eigenvalue weighted by Gasteiger charge is 2.05. The van der Waals surface area contributed by atoms with Crippen LogP contribution in [-0.2, 0) is 0 Å². The van der Waals surface area contributed by atoms with Crippen molar-refractivity contribution in [3.8, 4) is 0 Å².